The molecule has 0 spiro atoms. The summed E-state index contributed by atoms with van der Waals surface area (Å²) in [7, 11) is 1.91. The minimum Gasteiger partial charge on any atom is -0.438 e. The lowest BCUT2D eigenvalue weighted by Crippen LogP contribution is -2.08. The largest absolute Gasteiger partial charge is 0.438 e. The molecule has 1 heterocycles. The Labute approximate surface area is 134 Å². The smallest absolute Gasteiger partial charge is 0.223 e. The van der Waals surface area contributed by atoms with Crippen LogP contribution in [0, 0.1) is 0 Å². The zero-order valence-electron chi connectivity index (χ0n) is 12.7. The Morgan fingerprint density at radius 3 is 2.81 bits per heavy atom. The second-order valence-electron chi connectivity index (χ2n) is 5.10. The van der Waals surface area contributed by atoms with E-state index >= 15 is 0 Å². The van der Waals surface area contributed by atoms with Gasteiger partial charge in [-0.1, -0.05) is 32.0 Å². The van der Waals surface area contributed by atoms with Gasteiger partial charge in [-0.15, -0.1) is 0 Å². The van der Waals surface area contributed by atoms with Crippen molar-refractivity contribution in [2.45, 2.75) is 32.7 Å². The number of rotatable bonds is 6. The van der Waals surface area contributed by atoms with Gasteiger partial charge in [-0.2, -0.15) is 0 Å². The standard InChI is InChI=1S/C17H21BrN2O/c1-4-12(2)15-7-5-6-8-16(15)21-17-13(10-19-3)9-14(18)11-20-17/h5-9,11-12,19H,4,10H2,1-3H3. The monoisotopic (exact) mass is 348 g/mol. The van der Waals surface area contributed by atoms with Crippen molar-refractivity contribution in [2.75, 3.05) is 7.05 Å². The highest BCUT2D eigenvalue weighted by molar-refractivity contribution is 9.10. The number of hydrogen-bond acceptors (Lipinski definition) is 3. The molecule has 0 aliphatic rings. The van der Waals surface area contributed by atoms with Gasteiger partial charge in [-0.05, 0) is 53.0 Å². The SMILES string of the molecule is CCC(C)c1ccccc1Oc1ncc(Br)cc1CNC. The fourth-order valence-corrected chi connectivity index (χ4v) is 2.56. The first kappa shape index (κ1) is 16.0. The number of halogens is 1. The van der Waals surface area contributed by atoms with Crippen molar-refractivity contribution in [2.24, 2.45) is 0 Å². The van der Waals surface area contributed by atoms with E-state index in [1.54, 1.807) is 6.20 Å². The first-order valence-electron chi connectivity index (χ1n) is 7.21. The maximum atomic E-state index is 6.10. The first-order chi connectivity index (χ1) is 10.2. The minimum absolute atomic E-state index is 0.462. The lowest BCUT2D eigenvalue weighted by atomic mass is 9.98. The van der Waals surface area contributed by atoms with Crippen molar-refractivity contribution in [3.8, 4) is 11.6 Å². The fourth-order valence-electron chi connectivity index (χ4n) is 2.18. The molecule has 0 fully saturated rings. The number of hydrogen-bond donors (Lipinski definition) is 1. The van der Waals surface area contributed by atoms with E-state index in [1.807, 2.05) is 25.2 Å². The molecule has 2 aromatic rings. The summed E-state index contributed by atoms with van der Waals surface area (Å²) in [6.45, 7) is 5.12. The number of nitrogens with one attached hydrogen (secondary N) is 1. The van der Waals surface area contributed by atoms with E-state index in [1.165, 1.54) is 5.56 Å². The Hall–Kier alpha value is -1.39. The highest BCUT2D eigenvalue weighted by Gasteiger charge is 2.13. The third kappa shape index (κ3) is 4.05. The lowest BCUT2D eigenvalue weighted by Gasteiger charge is -2.16. The predicted molar refractivity (Wildman–Crippen MR) is 89.9 cm³/mol. The van der Waals surface area contributed by atoms with E-state index in [2.05, 4.69) is 52.2 Å². The predicted octanol–water partition coefficient (Wildman–Crippen LogP) is 4.87. The Morgan fingerprint density at radius 1 is 1.33 bits per heavy atom. The number of pyridine rings is 1. The van der Waals surface area contributed by atoms with Crippen molar-refractivity contribution in [1.29, 1.82) is 0 Å². The van der Waals surface area contributed by atoms with Gasteiger partial charge in [0.25, 0.3) is 0 Å². The Morgan fingerprint density at radius 2 is 2.10 bits per heavy atom. The van der Waals surface area contributed by atoms with Crippen LogP contribution in [-0.4, -0.2) is 12.0 Å². The van der Waals surface area contributed by atoms with Gasteiger partial charge < -0.3 is 10.1 Å². The van der Waals surface area contributed by atoms with Crippen LogP contribution in [0.2, 0.25) is 0 Å². The molecule has 1 unspecified atom stereocenters. The normalized spacial score (nSPS) is 12.2. The maximum absolute atomic E-state index is 6.10. The molecule has 112 valence electrons. The zero-order valence-corrected chi connectivity index (χ0v) is 14.3. The van der Waals surface area contributed by atoms with Crippen LogP contribution in [0.15, 0.2) is 41.0 Å². The molecule has 1 N–H and O–H groups in total. The van der Waals surface area contributed by atoms with Crippen molar-refractivity contribution < 1.29 is 4.74 Å². The molecule has 0 saturated heterocycles. The van der Waals surface area contributed by atoms with Crippen LogP contribution in [0.5, 0.6) is 11.6 Å². The Kier molecular flexibility index (Phi) is 5.76. The second-order valence-corrected chi connectivity index (χ2v) is 6.01. The van der Waals surface area contributed by atoms with Crippen molar-refractivity contribution in [3.63, 3.8) is 0 Å². The molecule has 0 amide bonds. The summed E-state index contributed by atoms with van der Waals surface area (Å²) < 4.78 is 7.05. The number of ether oxygens (including phenoxy) is 1. The minimum atomic E-state index is 0.462. The Balaban J connectivity index is 2.34. The molecule has 1 aromatic carbocycles. The second kappa shape index (κ2) is 7.57. The molecule has 1 aromatic heterocycles. The summed E-state index contributed by atoms with van der Waals surface area (Å²) in [6.07, 6.45) is 2.85. The zero-order chi connectivity index (χ0) is 15.2. The van der Waals surface area contributed by atoms with Crippen LogP contribution in [0.3, 0.4) is 0 Å². The molecule has 2 rings (SSSR count). The van der Waals surface area contributed by atoms with Crippen LogP contribution >= 0.6 is 15.9 Å². The van der Waals surface area contributed by atoms with Crippen molar-refractivity contribution in [1.82, 2.24) is 10.3 Å². The van der Waals surface area contributed by atoms with Gasteiger partial charge in [-0.3, -0.25) is 0 Å². The molecule has 4 heteroatoms. The average molecular weight is 349 g/mol. The highest BCUT2D eigenvalue weighted by Crippen LogP contribution is 2.33. The summed E-state index contributed by atoms with van der Waals surface area (Å²) in [4.78, 5) is 4.41. The van der Waals surface area contributed by atoms with Gasteiger partial charge in [0.2, 0.25) is 5.88 Å². The summed E-state index contributed by atoms with van der Waals surface area (Å²) in [5.41, 5.74) is 2.26. The van der Waals surface area contributed by atoms with E-state index in [9.17, 15) is 0 Å². The molecule has 21 heavy (non-hydrogen) atoms. The van der Waals surface area contributed by atoms with Crippen LogP contribution in [0.1, 0.15) is 37.3 Å². The van der Waals surface area contributed by atoms with Gasteiger partial charge in [0.15, 0.2) is 0 Å². The fraction of sp³-hybridized carbons (Fsp3) is 0.353. The molecule has 1 atom stereocenters. The van der Waals surface area contributed by atoms with E-state index in [0.29, 0.717) is 18.3 Å². The molecular formula is C17H21BrN2O. The quantitative estimate of drug-likeness (QED) is 0.808. The van der Waals surface area contributed by atoms with Crippen LogP contribution in [0.25, 0.3) is 0 Å². The summed E-state index contributed by atoms with van der Waals surface area (Å²) in [6, 6.07) is 10.2. The third-order valence-electron chi connectivity index (χ3n) is 3.53. The van der Waals surface area contributed by atoms with Crippen LogP contribution < -0.4 is 10.1 Å². The van der Waals surface area contributed by atoms with Gasteiger partial charge in [0.05, 0.1) is 0 Å². The van der Waals surface area contributed by atoms with E-state index in [0.717, 1.165) is 22.2 Å². The van der Waals surface area contributed by atoms with Crippen molar-refractivity contribution >= 4 is 15.9 Å². The summed E-state index contributed by atoms with van der Waals surface area (Å²) in [5, 5.41) is 3.15. The molecule has 0 aliphatic carbocycles. The van der Waals surface area contributed by atoms with Gasteiger partial charge in [-0.25, -0.2) is 4.98 Å². The van der Waals surface area contributed by atoms with Gasteiger partial charge in [0.1, 0.15) is 5.75 Å². The van der Waals surface area contributed by atoms with Crippen LogP contribution in [-0.2, 0) is 6.54 Å². The average Bonchev–Trinajstić information content (AvgIpc) is 2.50. The molecule has 0 bridgehead atoms. The molecule has 3 nitrogen and oxygen atoms in total. The topological polar surface area (TPSA) is 34.1 Å². The van der Waals surface area contributed by atoms with E-state index < -0.39 is 0 Å². The number of nitrogens with zero attached hydrogens (tertiary/aromatic N) is 1. The molecule has 0 radical (unpaired) electrons. The van der Waals surface area contributed by atoms with E-state index in [4.69, 9.17) is 4.74 Å². The number of para-hydroxylation sites is 1. The maximum Gasteiger partial charge on any atom is 0.223 e. The highest BCUT2D eigenvalue weighted by atomic mass is 79.9. The third-order valence-corrected chi connectivity index (χ3v) is 3.96. The Bertz CT molecular complexity index is 601. The first-order valence-corrected chi connectivity index (χ1v) is 8.00. The van der Waals surface area contributed by atoms with Crippen LogP contribution in [0.4, 0.5) is 0 Å². The van der Waals surface area contributed by atoms with Crippen molar-refractivity contribution in [3.05, 3.63) is 52.1 Å². The molecule has 0 aliphatic heterocycles. The van der Waals surface area contributed by atoms with Gasteiger partial charge in [0, 0.05) is 22.8 Å². The number of aromatic nitrogens is 1. The van der Waals surface area contributed by atoms with Gasteiger partial charge >= 0.3 is 0 Å². The summed E-state index contributed by atoms with van der Waals surface area (Å²) >= 11 is 3.45. The lowest BCUT2D eigenvalue weighted by molar-refractivity contribution is 0.444. The molecule has 0 saturated carbocycles. The number of benzene rings is 1. The van der Waals surface area contributed by atoms with E-state index in [-0.39, 0.29) is 0 Å². The molecular weight excluding hydrogens is 328 g/mol. The summed E-state index contributed by atoms with van der Waals surface area (Å²) in [5.74, 6) is 2.01.